The number of hydrogen-bond donors (Lipinski definition) is 0. The zero-order valence-electron chi connectivity index (χ0n) is 12.7. The number of piperidine rings is 1. The Kier molecular flexibility index (Phi) is 3.81. The number of fused-ring (bicyclic) bond motifs is 1. The van der Waals surface area contributed by atoms with E-state index in [0.29, 0.717) is 17.7 Å². The average molecular weight is 287 g/mol. The molecule has 0 saturated carbocycles. The van der Waals surface area contributed by atoms with Crippen LogP contribution in [-0.2, 0) is 0 Å². The normalized spacial score (nSPS) is 20.7. The Bertz CT molecular complexity index is 527. The van der Waals surface area contributed by atoms with Crippen LogP contribution in [0.5, 0.6) is 0 Å². The zero-order chi connectivity index (χ0) is 14.9. The predicted octanol–water partition coefficient (Wildman–Crippen LogP) is 2.30. The highest BCUT2D eigenvalue weighted by molar-refractivity contribution is 6.21. The summed E-state index contributed by atoms with van der Waals surface area (Å²) in [7, 11) is 2.29. The quantitative estimate of drug-likeness (QED) is 0.629. The van der Waals surface area contributed by atoms with Crippen LogP contribution < -0.4 is 0 Å². The highest BCUT2D eigenvalue weighted by Crippen LogP contribution is 2.23. The van der Waals surface area contributed by atoms with Crippen molar-refractivity contribution in [3.8, 4) is 0 Å². The van der Waals surface area contributed by atoms with Crippen LogP contribution in [0.25, 0.3) is 0 Å². The lowest BCUT2D eigenvalue weighted by molar-refractivity contribution is -0.914. The molecule has 3 rings (SSSR count). The van der Waals surface area contributed by atoms with Crippen molar-refractivity contribution < 1.29 is 14.1 Å². The van der Waals surface area contributed by atoms with Crippen LogP contribution >= 0.6 is 0 Å². The highest BCUT2D eigenvalue weighted by Gasteiger charge is 2.35. The number of hydrogen-bond acceptors (Lipinski definition) is 2. The van der Waals surface area contributed by atoms with Crippen molar-refractivity contribution in [3.63, 3.8) is 0 Å². The Labute approximate surface area is 125 Å². The number of nitrogens with zero attached hydrogens (tertiary/aromatic N) is 2. The Hall–Kier alpha value is -1.68. The largest absolute Gasteiger partial charge is 0.326 e. The fourth-order valence-electron chi connectivity index (χ4n) is 3.55. The smallest absolute Gasteiger partial charge is 0.261 e. The maximum atomic E-state index is 12.3. The standard InChI is InChI=1S/C17H23N2O2/c1-19(11-5-2-6-12-19)13-7-10-18-16(20)14-8-3-4-9-15(14)17(18)21/h3-4,8-9H,2,5-7,10-13H2,1H3/q+1. The molecule has 0 aromatic heterocycles. The van der Waals surface area contributed by atoms with Crippen molar-refractivity contribution in [2.45, 2.75) is 25.7 Å². The molecule has 112 valence electrons. The Morgan fingerprint density at radius 1 is 1.00 bits per heavy atom. The molecule has 0 unspecified atom stereocenters. The number of carbonyl (C=O) groups is 2. The minimum Gasteiger partial charge on any atom is -0.326 e. The van der Waals surface area contributed by atoms with Crippen molar-refractivity contribution in [1.29, 1.82) is 0 Å². The molecule has 0 bridgehead atoms. The van der Waals surface area contributed by atoms with Gasteiger partial charge in [-0.1, -0.05) is 12.1 Å². The van der Waals surface area contributed by atoms with Gasteiger partial charge in [0.2, 0.25) is 0 Å². The molecule has 1 fully saturated rings. The van der Waals surface area contributed by atoms with Crippen molar-refractivity contribution in [3.05, 3.63) is 35.4 Å². The fourth-order valence-corrected chi connectivity index (χ4v) is 3.55. The third kappa shape index (κ3) is 2.72. The molecule has 4 heteroatoms. The van der Waals surface area contributed by atoms with Gasteiger partial charge in [0, 0.05) is 13.0 Å². The van der Waals surface area contributed by atoms with E-state index in [4.69, 9.17) is 0 Å². The Balaban J connectivity index is 1.60. The van der Waals surface area contributed by atoms with E-state index in [1.165, 1.54) is 37.3 Å². The summed E-state index contributed by atoms with van der Waals surface area (Å²) in [5.74, 6) is -0.256. The van der Waals surface area contributed by atoms with E-state index in [-0.39, 0.29) is 11.8 Å². The van der Waals surface area contributed by atoms with Gasteiger partial charge in [0.25, 0.3) is 11.8 Å². The van der Waals surface area contributed by atoms with Crippen LogP contribution in [0.3, 0.4) is 0 Å². The van der Waals surface area contributed by atoms with Crippen LogP contribution in [0, 0.1) is 0 Å². The molecular formula is C17H23N2O2+. The summed E-state index contributed by atoms with van der Waals surface area (Å²) >= 11 is 0. The lowest BCUT2D eigenvalue weighted by atomic mass is 10.1. The van der Waals surface area contributed by atoms with E-state index in [2.05, 4.69) is 7.05 Å². The molecule has 1 aromatic carbocycles. The molecule has 0 atom stereocenters. The maximum absolute atomic E-state index is 12.3. The van der Waals surface area contributed by atoms with Crippen molar-refractivity contribution in [1.82, 2.24) is 4.90 Å². The molecule has 4 nitrogen and oxygen atoms in total. The molecular weight excluding hydrogens is 264 g/mol. The van der Waals surface area contributed by atoms with Crippen LogP contribution in [0.2, 0.25) is 0 Å². The third-order valence-electron chi connectivity index (χ3n) is 4.85. The second-order valence-electron chi connectivity index (χ2n) is 6.51. The van der Waals surface area contributed by atoms with Gasteiger partial charge in [0.1, 0.15) is 0 Å². The van der Waals surface area contributed by atoms with Gasteiger partial charge in [0.15, 0.2) is 0 Å². The highest BCUT2D eigenvalue weighted by atomic mass is 16.2. The van der Waals surface area contributed by atoms with Gasteiger partial charge in [0.05, 0.1) is 37.8 Å². The lowest BCUT2D eigenvalue weighted by Gasteiger charge is -2.38. The van der Waals surface area contributed by atoms with E-state index in [0.717, 1.165) is 17.4 Å². The molecule has 21 heavy (non-hydrogen) atoms. The fraction of sp³-hybridized carbons (Fsp3) is 0.529. The molecule has 2 heterocycles. The topological polar surface area (TPSA) is 37.4 Å². The first-order chi connectivity index (χ1) is 10.1. The summed E-state index contributed by atoms with van der Waals surface area (Å²) in [5.41, 5.74) is 1.11. The van der Waals surface area contributed by atoms with Gasteiger partial charge in [-0.05, 0) is 31.4 Å². The van der Waals surface area contributed by atoms with Gasteiger partial charge in [-0.15, -0.1) is 0 Å². The van der Waals surface area contributed by atoms with Crippen molar-refractivity contribution in [2.75, 3.05) is 33.2 Å². The van der Waals surface area contributed by atoms with Crippen LogP contribution in [0.1, 0.15) is 46.4 Å². The van der Waals surface area contributed by atoms with E-state index in [1.54, 1.807) is 12.1 Å². The van der Waals surface area contributed by atoms with Crippen LogP contribution in [0.4, 0.5) is 0 Å². The maximum Gasteiger partial charge on any atom is 0.261 e. The van der Waals surface area contributed by atoms with E-state index < -0.39 is 0 Å². The first-order valence-electron chi connectivity index (χ1n) is 7.89. The number of imide groups is 1. The number of rotatable bonds is 4. The predicted molar refractivity (Wildman–Crippen MR) is 81.1 cm³/mol. The van der Waals surface area contributed by atoms with Gasteiger partial charge in [-0.2, -0.15) is 0 Å². The van der Waals surface area contributed by atoms with Crippen LogP contribution in [0.15, 0.2) is 24.3 Å². The molecule has 0 radical (unpaired) electrons. The summed E-state index contributed by atoms with van der Waals surface area (Å²) in [6, 6.07) is 7.11. The molecule has 2 amide bonds. The second-order valence-corrected chi connectivity index (χ2v) is 6.51. The second kappa shape index (κ2) is 5.60. The SMILES string of the molecule is C[N+]1(CCCN2C(=O)c3ccccc3C2=O)CCCCC1. The summed E-state index contributed by atoms with van der Waals surface area (Å²) < 4.78 is 1.09. The number of amides is 2. The van der Waals surface area contributed by atoms with E-state index >= 15 is 0 Å². The number of likely N-dealkylation sites (tertiary alicyclic amines) is 1. The first kappa shape index (κ1) is 14.3. The molecule has 0 N–H and O–H groups in total. The first-order valence-corrected chi connectivity index (χ1v) is 7.89. The molecule has 1 saturated heterocycles. The summed E-state index contributed by atoms with van der Waals surface area (Å²) in [6.45, 7) is 4.04. The van der Waals surface area contributed by atoms with Gasteiger partial charge >= 0.3 is 0 Å². The van der Waals surface area contributed by atoms with Gasteiger partial charge in [-0.3, -0.25) is 14.5 Å². The Morgan fingerprint density at radius 3 is 2.14 bits per heavy atom. The van der Waals surface area contributed by atoms with Crippen molar-refractivity contribution in [2.24, 2.45) is 0 Å². The third-order valence-corrected chi connectivity index (χ3v) is 4.85. The van der Waals surface area contributed by atoms with Crippen LogP contribution in [-0.4, -0.2) is 54.4 Å². The van der Waals surface area contributed by atoms with Gasteiger partial charge < -0.3 is 4.48 Å². The molecule has 2 aliphatic heterocycles. The lowest BCUT2D eigenvalue weighted by Crippen LogP contribution is -2.49. The van der Waals surface area contributed by atoms with Crippen molar-refractivity contribution >= 4 is 11.8 Å². The summed E-state index contributed by atoms with van der Waals surface area (Å²) in [6.07, 6.45) is 4.82. The number of benzene rings is 1. The summed E-state index contributed by atoms with van der Waals surface area (Å²) in [5, 5.41) is 0. The monoisotopic (exact) mass is 287 g/mol. The summed E-state index contributed by atoms with van der Waals surface area (Å²) in [4.78, 5) is 26.0. The van der Waals surface area contributed by atoms with E-state index in [1.807, 2.05) is 12.1 Å². The minimum atomic E-state index is -0.128. The molecule has 0 spiro atoms. The zero-order valence-corrected chi connectivity index (χ0v) is 12.7. The minimum absolute atomic E-state index is 0.128. The average Bonchev–Trinajstić information content (AvgIpc) is 2.73. The van der Waals surface area contributed by atoms with Gasteiger partial charge in [-0.25, -0.2) is 0 Å². The molecule has 0 aliphatic carbocycles. The van der Waals surface area contributed by atoms with E-state index in [9.17, 15) is 9.59 Å². The molecule has 1 aromatic rings. The molecule has 2 aliphatic rings. The number of carbonyl (C=O) groups excluding carboxylic acids is 2. The number of quaternary nitrogens is 1. The Morgan fingerprint density at radius 2 is 1.57 bits per heavy atom.